The Bertz CT molecular complexity index is 623. The number of benzene rings is 1. The van der Waals surface area contributed by atoms with Crippen LogP contribution < -0.4 is 10.5 Å². The highest BCUT2D eigenvalue weighted by Crippen LogP contribution is 2.40. The molecule has 0 saturated heterocycles. The summed E-state index contributed by atoms with van der Waals surface area (Å²) >= 11 is 0. The fourth-order valence-corrected chi connectivity index (χ4v) is 4.41. The number of halogens is 1. The van der Waals surface area contributed by atoms with E-state index in [0.717, 1.165) is 32.1 Å². The number of sulfonamides is 1. The van der Waals surface area contributed by atoms with Gasteiger partial charge in [-0.05, 0) is 49.3 Å². The molecule has 0 aliphatic heterocycles. The first-order chi connectivity index (χ1) is 9.80. The molecular weight excluding hydrogens is 291 g/mol. The second kappa shape index (κ2) is 5.93. The van der Waals surface area contributed by atoms with Crippen LogP contribution in [-0.2, 0) is 10.0 Å². The zero-order valence-corrected chi connectivity index (χ0v) is 13.4. The summed E-state index contributed by atoms with van der Waals surface area (Å²) in [6.45, 7) is 3.94. The number of nitrogens with two attached hydrogens (primary N) is 1. The van der Waals surface area contributed by atoms with E-state index in [1.807, 2.05) is 0 Å². The van der Waals surface area contributed by atoms with Crippen LogP contribution in [0, 0.1) is 18.2 Å². The number of anilines is 1. The van der Waals surface area contributed by atoms with Crippen molar-refractivity contribution in [3.05, 3.63) is 23.5 Å². The molecule has 0 radical (unpaired) electrons. The van der Waals surface area contributed by atoms with Gasteiger partial charge in [-0.1, -0.05) is 19.8 Å². The fraction of sp³-hybridized carbons (Fsp3) is 0.600. The molecule has 4 nitrogen and oxygen atoms in total. The Morgan fingerprint density at radius 1 is 1.33 bits per heavy atom. The molecule has 1 fully saturated rings. The quantitative estimate of drug-likeness (QED) is 0.821. The van der Waals surface area contributed by atoms with Crippen molar-refractivity contribution < 1.29 is 12.8 Å². The lowest BCUT2D eigenvalue weighted by molar-refractivity contribution is 0.285. The summed E-state index contributed by atoms with van der Waals surface area (Å²) in [7, 11) is -3.88. The van der Waals surface area contributed by atoms with E-state index >= 15 is 0 Å². The van der Waals surface area contributed by atoms with Crippen molar-refractivity contribution in [2.24, 2.45) is 5.41 Å². The van der Waals surface area contributed by atoms with Crippen molar-refractivity contribution >= 4 is 15.7 Å². The van der Waals surface area contributed by atoms with E-state index in [0.29, 0.717) is 6.54 Å². The molecule has 1 aliphatic rings. The van der Waals surface area contributed by atoms with Crippen molar-refractivity contribution in [3.63, 3.8) is 0 Å². The van der Waals surface area contributed by atoms with E-state index in [2.05, 4.69) is 11.6 Å². The minimum absolute atomic E-state index is 0.0128. The lowest BCUT2D eigenvalue weighted by Gasteiger charge is -2.27. The van der Waals surface area contributed by atoms with Gasteiger partial charge in [-0.25, -0.2) is 17.5 Å². The Hall–Kier alpha value is -1.14. The molecule has 1 aliphatic carbocycles. The zero-order valence-electron chi connectivity index (χ0n) is 12.6. The van der Waals surface area contributed by atoms with Gasteiger partial charge < -0.3 is 5.73 Å². The first-order valence-corrected chi connectivity index (χ1v) is 8.83. The monoisotopic (exact) mass is 314 g/mol. The van der Waals surface area contributed by atoms with Gasteiger partial charge in [-0.2, -0.15) is 0 Å². The molecule has 0 spiro atoms. The molecule has 2 rings (SSSR count). The first-order valence-electron chi connectivity index (χ1n) is 7.35. The second-order valence-corrected chi connectivity index (χ2v) is 7.77. The van der Waals surface area contributed by atoms with E-state index in [4.69, 9.17) is 5.73 Å². The Morgan fingerprint density at radius 2 is 1.95 bits per heavy atom. The third-order valence-corrected chi connectivity index (χ3v) is 5.98. The van der Waals surface area contributed by atoms with Crippen LogP contribution in [-0.4, -0.2) is 15.0 Å². The topological polar surface area (TPSA) is 72.2 Å². The van der Waals surface area contributed by atoms with Gasteiger partial charge in [0, 0.05) is 12.2 Å². The summed E-state index contributed by atoms with van der Waals surface area (Å²) in [4.78, 5) is -0.357. The zero-order chi connectivity index (χ0) is 15.7. The Kier molecular flexibility index (Phi) is 4.58. The summed E-state index contributed by atoms with van der Waals surface area (Å²) in [5.41, 5.74) is 6.14. The summed E-state index contributed by atoms with van der Waals surface area (Å²) < 4.78 is 41.4. The molecule has 6 heteroatoms. The van der Waals surface area contributed by atoms with Crippen molar-refractivity contribution in [2.75, 3.05) is 12.3 Å². The number of hydrogen-bond donors (Lipinski definition) is 2. The minimum atomic E-state index is -3.88. The molecule has 0 atom stereocenters. The third kappa shape index (κ3) is 3.37. The van der Waals surface area contributed by atoms with Crippen LogP contribution in [0.3, 0.4) is 0 Å². The van der Waals surface area contributed by atoms with E-state index in [1.54, 1.807) is 0 Å². The largest absolute Gasteiger partial charge is 0.399 e. The van der Waals surface area contributed by atoms with Gasteiger partial charge in [0.25, 0.3) is 0 Å². The van der Waals surface area contributed by atoms with Crippen LogP contribution in [0.1, 0.15) is 44.6 Å². The molecule has 21 heavy (non-hydrogen) atoms. The molecular formula is C15H23FN2O2S. The number of hydrogen-bond acceptors (Lipinski definition) is 3. The van der Waals surface area contributed by atoms with Gasteiger partial charge in [0.05, 0.1) is 0 Å². The van der Waals surface area contributed by atoms with Crippen LogP contribution in [0.5, 0.6) is 0 Å². The van der Waals surface area contributed by atoms with Gasteiger partial charge >= 0.3 is 0 Å². The van der Waals surface area contributed by atoms with Gasteiger partial charge in [-0.15, -0.1) is 0 Å². The van der Waals surface area contributed by atoms with E-state index < -0.39 is 15.8 Å². The minimum Gasteiger partial charge on any atom is -0.399 e. The molecule has 118 valence electrons. The van der Waals surface area contributed by atoms with Crippen LogP contribution in [0.4, 0.5) is 10.1 Å². The second-order valence-electron chi connectivity index (χ2n) is 6.04. The third-order valence-electron chi connectivity index (χ3n) is 4.58. The maximum atomic E-state index is 14.1. The highest BCUT2D eigenvalue weighted by atomic mass is 32.2. The molecule has 1 saturated carbocycles. The Morgan fingerprint density at radius 3 is 2.52 bits per heavy atom. The number of nitrogen functional groups attached to an aromatic ring is 1. The maximum absolute atomic E-state index is 14.1. The molecule has 0 bridgehead atoms. The Labute approximate surface area is 126 Å². The molecule has 1 aromatic rings. The summed E-state index contributed by atoms with van der Waals surface area (Å²) in [6, 6.07) is 2.61. The van der Waals surface area contributed by atoms with Crippen molar-refractivity contribution in [1.82, 2.24) is 4.72 Å². The van der Waals surface area contributed by atoms with Crippen molar-refractivity contribution in [1.29, 1.82) is 0 Å². The standard InChI is InChI=1S/C15H23FN2O2S/c1-3-15(6-4-5-7-15)10-18-21(19,20)13-9-12(17)8-11(2)14(13)16/h8-9,18H,3-7,10,17H2,1-2H3. The van der Waals surface area contributed by atoms with Crippen molar-refractivity contribution in [3.8, 4) is 0 Å². The molecule has 0 unspecified atom stereocenters. The molecule has 3 N–H and O–H groups in total. The summed E-state index contributed by atoms with van der Waals surface area (Å²) in [6.07, 6.45) is 5.21. The average Bonchev–Trinajstić information content (AvgIpc) is 2.90. The number of aryl methyl sites for hydroxylation is 1. The highest BCUT2D eigenvalue weighted by molar-refractivity contribution is 7.89. The normalized spacial score (nSPS) is 18.0. The average molecular weight is 314 g/mol. The molecule has 1 aromatic carbocycles. The van der Waals surface area contributed by atoms with E-state index in [9.17, 15) is 12.8 Å². The van der Waals surface area contributed by atoms with E-state index in [1.165, 1.54) is 19.1 Å². The summed E-state index contributed by atoms with van der Waals surface area (Å²) in [5.74, 6) is -0.728. The maximum Gasteiger partial charge on any atom is 0.243 e. The summed E-state index contributed by atoms with van der Waals surface area (Å²) in [5, 5.41) is 0. The van der Waals surface area contributed by atoms with Gasteiger partial charge in [0.15, 0.2) is 0 Å². The van der Waals surface area contributed by atoms with Crippen LogP contribution in [0.15, 0.2) is 17.0 Å². The number of nitrogens with one attached hydrogen (secondary N) is 1. The van der Waals surface area contributed by atoms with Gasteiger partial charge in [0.1, 0.15) is 10.7 Å². The molecule has 0 heterocycles. The first kappa shape index (κ1) is 16.2. The van der Waals surface area contributed by atoms with Gasteiger partial charge in [0.2, 0.25) is 10.0 Å². The SMILES string of the molecule is CCC1(CNS(=O)(=O)c2cc(N)cc(C)c2F)CCCC1. The van der Waals surface area contributed by atoms with Crippen LogP contribution in [0.25, 0.3) is 0 Å². The fourth-order valence-electron chi connectivity index (χ4n) is 3.07. The Balaban J connectivity index is 2.23. The number of rotatable bonds is 5. The van der Waals surface area contributed by atoms with Crippen molar-refractivity contribution in [2.45, 2.75) is 50.8 Å². The van der Waals surface area contributed by atoms with E-state index in [-0.39, 0.29) is 21.6 Å². The predicted octanol–water partition coefficient (Wildman–Crippen LogP) is 2.97. The smallest absolute Gasteiger partial charge is 0.243 e. The molecule has 0 aromatic heterocycles. The predicted molar refractivity (Wildman–Crippen MR) is 81.9 cm³/mol. The lowest BCUT2D eigenvalue weighted by atomic mass is 9.84. The lowest BCUT2D eigenvalue weighted by Crippen LogP contribution is -2.36. The highest BCUT2D eigenvalue weighted by Gasteiger charge is 2.34. The van der Waals surface area contributed by atoms with Gasteiger partial charge in [-0.3, -0.25) is 0 Å². The van der Waals surface area contributed by atoms with Crippen LogP contribution >= 0.6 is 0 Å². The molecule has 0 amide bonds. The van der Waals surface area contributed by atoms with Crippen LogP contribution in [0.2, 0.25) is 0 Å².